The number of hydrogen-bond donors (Lipinski definition) is 1. The molecule has 0 unspecified atom stereocenters. The molecule has 1 heteroatoms. The van der Waals surface area contributed by atoms with Crippen LogP contribution < -0.4 is 5.32 Å². The summed E-state index contributed by atoms with van der Waals surface area (Å²) in [6.45, 7) is 9.26. The molecule has 2 aromatic rings. The van der Waals surface area contributed by atoms with Crippen molar-refractivity contribution in [1.82, 2.24) is 0 Å². The maximum absolute atomic E-state index is 3.80. The third-order valence-corrected chi connectivity index (χ3v) is 5.95. The Morgan fingerprint density at radius 1 is 0.586 bits per heavy atom. The Balaban J connectivity index is 2.57. The van der Waals surface area contributed by atoms with E-state index < -0.39 is 0 Å². The summed E-state index contributed by atoms with van der Waals surface area (Å²) in [7, 11) is 0. The third-order valence-electron chi connectivity index (χ3n) is 5.95. The SMILES string of the molecule is CCCCc1cc(Nc2ccccc2)c(CCCC)c(CCCC)c1CCCC. The van der Waals surface area contributed by atoms with Crippen LogP contribution >= 0.6 is 0 Å². The lowest BCUT2D eigenvalue weighted by Gasteiger charge is -2.24. The van der Waals surface area contributed by atoms with Gasteiger partial charge in [0.25, 0.3) is 0 Å². The van der Waals surface area contributed by atoms with Gasteiger partial charge in [-0.1, -0.05) is 71.6 Å². The van der Waals surface area contributed by atoms with Crippen molar-refractivity contribution in [1.29, 1.82) is 0 Å². The molecule has 0 saturated carbocycles. The number of benzene rings is 2. The fourth-order valence-electron chi connectivity index (χ4n) is 4.23. The van der Waals surface area contributed by atoms with Crippen molar-refractivity contribution in [2.24, 2.45) is 0 Å². The van der Waals surface area contributed by atoms with Gasteiger partial charge in [-0.05, 0) is 91.8 Å². The Labute approximate surface area is 180 Å². The zero-order valence-corrected chi connectivity index (χ0v) is 19.4. The molecule has 0 saturated heterocycles. The van der Waals surface area contributed by atoms with Gasteiger partial charge in [0, 0.05) is 11.4 Å². The minimum atomic E-state index is 1.19. The first kappa shape index (κ1) is 23.5. The molecule has 0 radical (unpaired) electrons. The van der Waals surface area contributed by atoms with Crippen LogP contribution in [0.3, 0.4) is 0 Å². The van der Waals surface area contributed by atoms with Gasteiger partial charge in [-0.2, -0.15) is 0 Å². The molecule has 160 valence electrons. The fourth-order valence-corrected chi connectivity index (χ4v) is 4.23. The van der Waals surface area contributed by atoms with Gasteiger partial charge in [0.1, 0.15) is 0 Å². The maximum Gasteiger partial charge on any atom is 0.0422 e. The monoisotopic (exact) mass is 393 g/mol. The van der Waals surface area contributed by atoms with Crippen molar-refractivity contribution in [3.63, 3.8) is 0 Å². The zero-order chi connectivity index (χ0) is 20.9. The van der Waals surface area contributed by atoms with E-state index in [-0.39, 0.29) is 0 Å². The quantitative estimate of drug-likeness (QED) is 0.338. The van der Waals surface area contributed by atoms with Gasteiger partial charge in [-0.3, -0.25) is 0 Å². The van der Waals surface area contributed by atoms with E-state index in [9.17, 15) is 0 Å². The fraction of sp³-hybridized carbons (Fsp3) is 0.571. The lowest BCUT2D eigenvalue weighted by molar-refractivity contribution is 0.719. The maximum atomic E-state index is 3.80. The van der Waals surface area contributed by atoms with E-state index in [1.165, 1.54) is 88.4 Å². The number of anilines is 2. The van der Waals surface area contributed by atoms with Crippen LogP contribution in [0.5, 0.6) is 0 Å². The molecule has 0 aromatic heterocycles. The molecule has 2 aromatic carbocycles. The highest BCUT2D eigenvalue weighted by Crippen LogP contribution is 2.34. The van der Waals surface area contributed by atoms with Crippen LogP contribution in [0.4, 0.5) is 11.4 Å². The van der Waals surface area contributed by atoms with Crippen LogP contribution in [0.25, 0.3) is 0 Å². The van der Waals surface area contributed by atoms with E-state index in [1.54, 1.807) is 22.3 Å². The minimum Gasteiger partial charge on any atom is -0.355 e. The molecule has 0 fully saturated rings. The molecule has 0 spiro atoms. The van der Waals surface area contributed by atoms with E-state index in [2.05, 4.69) is 69.4 Å². The van der Waals surface area contributed by atoms with Crippen molar-refractivity contribution in [3.8, 4) is 0 Å². The lowest BCUT2D eigenvalue weighted by atomic mass is 9.85. The molecule has 0 aliphatic carbocycles. The first-order valence-electron chi connectivity index (χ1n) is 12.2. The molecule has 0 atom stereocenters. The molecular weight excluding hydrogens is 350 g/mol. The van der Waals surface area contributed by atoms with Crippen LogP contribution in [0, 0.1) is 0 Å². The molecule has 2 rings (SSSR count). The summed E-state index contributed by atoms with van der Waals surface area (Å²) in [4.78, 5) is 0. The summed E-state index contributed by atoms with van der Waals surface area (Å²) < 4.78 is 0. The highest BCUT2D eigenvalue weighted by atomic mass is 14.9. The Morgan fingerprint density at radius 3 is 1.69 bits per heavy atom. The number of para-hydroxylation sites is 1. The summed E-state index contributed by atoms with van der Waals surface area (Å²) in [6.07, 6.45) is 15.1. The molecule has 0 heterocycles. The first-order valence-corrected chi connectivity index (χ1v) is 12.2. The number of aryl methyl sites for hydroxylation is 1. The number of nitrogens with one attached hydrogen (secondary N) is 1. The van der Waals surface area contributed by atoms with E-state index >= 15 is 0 Å². The van der Waals surface area contributed by atoms with Gasteiger partial charge in [0.05, 0.1) is 0 Å². The number of rotatable bonds is 14. The zero-order valence-electron chi connectivity index (χ0n) is 19.4. The van der Waals surface area contributed by atoms with Crippen LogP contribution in [0.2, 0.25) is 0 Å². The summed E-state index contributed by atoms with van der Waals surface area (Å²) in [5, 5.41) is 3.80. The van der Waals surface area contributed by atoms with Crippen molar-refractivity contribution in [2.75, 3.05) is 5.32 Å². The lowest BCUT2D eigenvalue weighted by Crippen LogP contribution is -2.10. The Hall–Kier alpha value is -1.76. The number of unbranched alkanes of at least 4 members (excludes halogenated alkanes) is 4. The molecule has 29 heavy (non-hydrogen) atoms. The largest absolute Gasteiger partial charge is 0.355 e. The van der Waals surface area contributed by atoms with Crippen LogP contribution in [-0.2, 0) is 25.7 Å². The second kappa shape index (κ2) is 13.5. The van der Waals surface area contributed by atoms with Crippen molar-refractivity contribution in [2.45, 2.75) is 105 Å². The Kier molecular flexibility index (Phi) is 10.9. The molecule has 1 nitrogen and oxygen atoms in total. The molecule has 0 aliphatic rings. The minimum absolute atomic E-state index is 1.19. The van der Waals surface area contributed by atoms with Crippen molar-refractivity contribution in [3.05, 3.63) is 58.7 Å². The van der Waals surface area contributed by atoms with Gasteiger partial charge in [-0.25, -0.2) is 0 Å². The Morgan fingerprint density at radius 2 is 1.10 bits per heavy atom. The van der Waals surface area contributed by atoms with E-state index in [4.69, 9.17) is 0 Å². The van der Waals surface area contributed by atoms with Gasteiger partial charge in [-0.15, -0.1) is 0 Å². The van der Waals surface area contributed by atoms with Crippen LogP contribution in [0.1, 0.15) is 101 Å². The second-order valence-corrected chi connectivity index (χ2v) is 8.42. The summed E-state index contributed by atoms with van der Waals surface area (Å²) in [5.41, 5.74) is 9.14. The Bertz CT molecular complexity index is 702. The third kappa shape index (κ3) is 7.21. The molecule has 0 bridgehead atoms. The standard InChI is InChI=1S/C28H43N/c1-5-9-16-23-22-28(29-24-17-14-13-15-18-24)27(21-12-8-4)26(20-11-7-3)25(23)19-10-6-2/h13-15,17-18,22,29H,5-12,16,19-21H2,1-4H3. The van der Waals surface area contributed by atoms with E-state index in [0.717, 1.165) is 0 Å². The normalized spacial score (nSPS) is 11.0. The molecular formula is C28H43N. The topological polar surface area (TPSA) is 12.0 Å². The highest BCUT2D eigenvalue weighted by Gasteiger charge is 2.17. The highest BCUT2D eigenvalue weighted by molar-refractivity contribution is 5.68. The van der Waals surface area contributed by atoms with Crippen molar-refractivity contribution >= 4 is 11.4 Å². The van der Waals surface area contributed by atoms with Crippen LogP contribution in [-0.4, -0.2) is 0 Å². The van der Waals surface area contributed by atoms with E-state index in [1.807, 2.05) is 0 Å². The van der Waals surface area contributed by atoms with Gasteiger partial charge >= 0.3 is 0 Å². The van der Waals surface area contributed by atoms with Gasteiger partial charge in [0.2, 0.25) is 0 Å². The molecule has 0 amide bonds. The van der Waals surface area contributed by atoms with Gasteiger partial charge < -0.3 is 5.32 Å². The van der Waals surface area contributed by atoms with E-state index in [0.29, 0.717) is 0 Å². The summed E-state index contributed by atoms with van der Waals surface area (Å²) in [6, 6.07) is 13.2. The summed E-state index contributed by atoms with van der Waals surface area (Å²) >= 11 is 0. The average molecular weight is 394 g/mol. The predicted molar refractivity (Wildman–Crippen MR) is 131 cm³/mol. The average Bonchev–Trinajstić information content (AvgIpc) is 2.75. The summed E-state index contributed by atoms with van der Waals surface area (Å²) in [5.74, 6) is 0. The van der Waals surface area contributed by atoms with Gasteiger partial charge in [0.15, 0.2) is 0 Å². The second-order valence-electron chi connectivity index (χ2n) is 8.42. The first-order chi connectivity index (χ1) is 14.2. The molecule has 0 aliphatic heterocycles. The molecule has 1 N–H and O–H groups in total. The smallest absolute Gasteiger partial charge is 0.0422 e. The predicted octanol–water partition coefficient (Wildman–Crippen LogP) is 8.80. The van der Waals surface area contributed by atoms with Crippen LogP contribution in [0.15, 0.2) is 36.4 Å². The number of hydrogen-bond acceptors (Lipinski definition) is 1. The van der Waals surface area contributed by atoms with Crippen molar-refractivity contribution < 1.29 is 0 Å².